The number of ether oxygens (including phenoxy) is 2. The molecule has 7 nitrogen and oxygen atoms in total. The number of aliphatic hydroxyl groups excluding tert-OH is 1. The number of hydrogen-bond acceptors (Lipinski definition) is 7. The monoisotopic (exact) mass is 442 g/mol. The Morgan fingerprint density at radius 3 is 2.62 bits per heavy atom. The number of aromatic nitrogens is 1. The zero-order valence-electron chi connectivity index (χ0n) is 19.2. The topological polar surface area (TPSA) is 81.1 Å². The number of aliphatic hydroxyl groups is 1. The molecule has 1 N–H and O–H groups in total. The maximum absolute atomic E-state index is 11.8. The summed E-state index contributed by atoms with van der Waals surface area (Å²) in [7, 11) is 0. The van der Waals surface area contributed by atoms with Crippen molar-refractivity contribution in [3.63, 3.8) is 0 Å². The standard InChI is InChI=1S/C25H34N2O5/c1-25(2,3)31-24(29)32-27-14-13-22(23(28)17-27)20-11-12-21(26-16-20)10-7-15-30-18-19-8-5-4-6-9-19/h4-6,8-9,11-12,16,22-23,28H,7,10,13-15,17-18H2,1-3H3. The van der Waals surface area contributed by atoms with Crippen molar-refractivity contribution in [2.24, 2.45) is 0 Å². The largest absolute Gasteiger partial charge is 0.528 e. The van der Waals surface area contributed by atoms with Crippen LogP contribution in [0.1, 0.15) is 56.4 Å². The Balaban J connectivity index is 1.39. The van der Waals surface area contributed by atoms with Crippen molar-refractivity contribution in [3.8, 4) is 0 Å². The summed E-state index contributed by atoms with van der Waals surface area (Å²) >= 11 is 0. The number of pyridine rings is 1. The molecule has 3 rings (SSSR count). The first-order valence-corrected chi connectivity index (χ1v) is 11.2. The molecule has 174 valence electrons. The first-order chi connectivity index (χ1) is 15.3. The minimum Gasteiger partial charge on any atom is -0.427 e. The lowest BCUT2D eigenvalue weighted by molar-refractivity contribution is -0.170. The van der Waals surface area contributed by atoms with Crippen molar-refractivity contribution in [1.29, 1.82) is 0 Å². The lowest BCUT2D eigenvalue weighted by atomic mass is 9.88. The maximum Gasteiger partial charge on any atom is 0.528 e. The second kappa shape index (κ2) is 11.4. The molecule has 1 aliphatic heterocycles. The van der Waals surface area contributed by atoms with Crippen LogP contribution in [-0.4, -0.2) is 52.7 Å². The van der Waals surface area contributed by atoms with E-state index in [9.17, 15) is 9.90 Å². The Kier molecular flexibility index (Phi) is 8.61. The SMILES string of the molecule is CC(C)(C)OC(=O)ON1CCC(c2ccc(CCCOCc3ccccc3)nc2)C(O)C1. The van der Waals surface area contributed by atoms with Gasteiger partial charge in [0.25, 0.3) is 0 Å². The van der Waals surface area contributed by atoms with Crippen molar-refractivity contribution < 1.29 is 24.2 Å². The molecule has 1 aromatic carbocycles. The fourth-order valence-electron chi connectivity index (χ4n) is 3.67. The Bertz CT molecular complexity index is 836. The Morgan fingerprint density at radius 1 is 1.19 bits per heavy atom. The van der Waals surface area contributed by atoms with Gasteiger partial charge in [-0.1, -0.05) is 36.4 Å². The number of benzene rings is 1. The molecule has 0 spiro atoms. The quantitative estimate of drug-likeness (QED) is 0.483. The van der Waals surface area contributed by atoms with Crippen LogP contribution in [-0.2, 0) is 27.3 Å². The Morgan fingerprint density at radius 2 is 1.97 bits per heavy atom. The third-order valence-electron chi connectivity index (χ3n) is 5.25. The van der Waals surface area contributed by atoms with Gasteiger partial charge in [-0.3, -0.25) is 4.98 Å². The van der Waals surface area contributed by atoms with Crippen LogP contribution in [0.15, 0.2) is 48.7 Å². The highest BCUT2D eigenvalue weighted by Gasteiger charge is 2.32. The molecule has 0 radical (unpaired) electrons. The Labute approximate surface area is 190 Å². The summed E-state index contributed by atoms with van der Waals surface area (Å²) in [5.41, 5.74) is 2.57. The predicted molar refractivity (Wildman–Crippen MR) is 121 cm³/mol. The fourth-order valence-corrected chi connectivity index (χ4v) is 3.67. The molecule has 0 amide bonds. The zero-order chi connectivity index (χ0) is 23.0. The normalized spacial score (nSPS) is 19.5. The summed E-state index contributed by atoms with van der Waals surface area (Å²) in [5, 5.41) is 12.0. The van der Waals surface area contributed by atoms with Gasteiger partial charge < -0.3 is 19.4 Å². The molecule has 2 atom stereocenters. The summed E-state index contributed by atoms with van der Waals surface area (Å²) < 4.78 is 10.9. The van der Waals surface area contributed by atoms with Gasteiger partial charge in [0.05, 0.1) is 19.3 Å². The van der Waals surface area contributed by atoms with Crippen LogP contribution in [0.5, 0.6) is 0 Å². The van der Waals surface area contributed by atoms with Gasteiger partial charge in [0.1, 0.15) is 5.60 Å². The van der Waals surface area contributed by atoms with Crippen LogP contribution >= 0.6 is 0 Å². The molecule has 1 aromatic heterocycles. The van der Waals surface area contributed by atoms with E-state index in [1.165, 1.54) is 10.6 Å². The number of hydroxylamine groups is 2. The third kappa shape index (κ3) is 7.89. The third-order valence-corrected chi connectivity index (χ3v) is 5.25. The molecule has 0 aliphatic carbocycles. The highest BCUT2D eigenvalue weighted by molar-refractivity contribution is 5.60. The summed E-state index contributed by atoms with van der Waals surface area (Å²) in [4.78, 5) is 21.6. The number of carbonyl (C=O) groups is 1. The van der Waals surface area contributed by atoms with Crippen LogP contribution in [0.3, 0.4) is 0 Å². The summed E-state index contributed by atoms with van der Waals surface area (Å²) in [6.07, 6.45) is 2.87. The molecule has 0 bridgehead atoms. The molecule has 7 heteroatoms. The predicted octanol–water partition coefficient (Wildman–Crippen LogP) is 4.25. The maximum atomic E-state index is 11.8. The molecular weight excluding hydrogens is 408 g/mol. The average Bonchev–Trinajstić information content (AvgIpc) is 2.74. The lowest BCUT2D eigenvalue weighted by Crippen LogP contribution is -2.44. The van der Waals surface area contributed by atoms with E-state index in [-0.39, 0.29) is 12.5 Å². The molecule has 0 saturated carbocycles. The minimum atomic E-state index is -0.748. The van der Waals surface area contributed by atoms with Crippen molar-refractivity contribution in [2.45, 2.75) is 64.3 Å². The molecule has 2 aromatic rings. The summed E-state index contributed by atoms with van der Waals surface area (Å²) in [5.74, 6) is -0.0377. The molecular formula is C25H34N2O5. The molecule has 2 unspecified atom stereocenters. The van der Waals surface area contributed by atoms with Gasteiger partial charge in [0.15, 0.2) is 0 Å². The first kappa shape index (κ1) is 24.2. The van der Waals surface area contributed by atoms with E-state index in [1.807, 2.05) is 36.5 Å². The number of piperidine rings is 1. The van der Waals surface area contributed by atoms with Gasteiger partial charge in [-0.05, 0) is 57.2 Å². The van der Waals surface area contributed by atoms with Gasteiger partial charge in [-0.2, -0.15) is 0 Å². The number of nitrogens with zero attached hydrogens (tertiary/aromatic N) is 2. The minimum absolute atomic E-state index is 0.0377. The van der Waals surface area contributed by atoms with Crippen molar-refractivity contribution in [2.75, 3.05) is 19.7 Å². The molecule has 2 heterocycles. The van der Waals surface area contributed by atoms with E-state index in [0.717, 1.165) is 24.1 Å². The van der Waals surface area contributed by atoms with Gasteiger partial charge in [0, 0.05) is 31.0 Å². The number of β-amino-alcohol motifs (C(OH)–C–C–N with tert-alkyl or cyclic N) is 1. The first-order valence-electron chi connectivity index (χ1n) is 11.2. The highest BCUT2D eigenvalue weighted by atomic mass is 16.8. The van der Waals surface area contributed by atoms with E-state index in [4.69, 9.17) is 14.3 Å². The van der Waals surface area contributed by atoms with Crippen LogP contribution in [0.25, 0.3) is 0 Å². The number of hydrogen-bond donors (Lipinski definition) is 1. The van der Waals surface area contributed by atoms with Crippen LogP contribution < -0.4 is 0 Å². The molecule has 32 heavy (non-hydrogen) atoms. The van der Waals surface area contributed by atoms with E-state index in [0.29, 0.717) is 26.2 Å². The number of rotatable bonds is 8. The Hall–Kier alpha value is -2.48. The van der Waals surface area contributed by atoms with Crippen molar-refractivity contribution in [3.05, 3.63) is 65.5 Å². The number of carbonyl (C=O) groups excluding carboxylic acids is 1. The average molecular weight is 443 g/mol. The molecule has 1 fully saturated rings. The van der Waals surface area contributed by atoms with E-state index >= 15 is 0 Å². The van der Waals surface area contributed by atoms with E-state index in [2.05, 4.69) is 17.1 Å². The van der Waals surface area contributed by atoms with Crippen LogP contribution in [0.2, 0.25) is 0 Å². The number of aryl methyl sites for hydroxylation is 1. The lowest BCUT2D eigenvalue weighted by Gasteiger charge is -2.34. The van der Waals surface area contributed by atoms with E-state index in [1.54, 1.807) is 20.8 Å². The summed E-state index contributed by atoms with van der Waals surface area (Å²) in [6, 6.07) is 14.2. The highest BCUT2D eigenvalue weighted by Crippen LogP contribution is 2.28. The molecule has 1 saturated heterocycles. The van der Waals surface area contributed by atoms with Gasteiger partial charge in [-0.15, -0.1) is 5.06 Å². The van der Waals surface area contributed by atoms with Crippen LogP contribution in [0, 0.1) is 0 Å². The zero-order valence-corrected chi connectivity index (χ0v) is 19.2. The van der Waals surface area contributed by atoms with Gasteiger partial charge >= 0.3 is 6.16 Å². The fraction of sp³-hybridized carbons (Fsp3) is 0.520. The second-order valence-corrected chi connectivity index (χ2v) is 9.13. The van der Waals surface area contributed by atoms with E-state index < -0.39 is 17.9 Å². The van der Waals surface area contributed by atoms with Gasteiger partial charge in [0.2, 0.25) is 0 Å². The smallest absolute Gasteiger partial charge is 0.427 e. The van der Waals surface area contributed by atoms with Gasteiger partial charge in [-0.25, -0.2) is 4.79 Å². The van der Waals surface area contributed by atoms with Crippen molar-refractivity contribution in [1.82, 2.24) is 10.0 Å². The molecule has 1 aliphatic rings. The summed E-state index contributed by atoms with van der Waals surface area (Å²) in [6.45, 7) is 7.43. The van der Waals surface area contributed by atoms with Crippen LogP contribution in [0.4, 0.5) is 4.79 Å². The second-order valence-electron chi connectivity index (χ2n) is 9.13. The van der Waals surface area contributed by atoms with Crippen molar-refractivity contribution >= 4 is 6.16 Å².